The number of nitrogens with zero attached hydrogens (tertiary/aromatic N) is 2. The fourth-order valence-corrected chi connectivity index (χ4v) is 2.02. The van der Waals surface area contributed by atoms with E-state index in [1.807, 2.05) is 37.0 Å². The molecule has 2 rings (SSSR count). The Balaban J connectivity index is 2.21. The molecule has 5 nitrogen and oxygen atoms in total. The van der Waals surface area contributed by atoms with E-state index in [1.54, 1.807) is 0 Å². The predicted molar refractivity (Wildman–Crippen MR) is 74.1 cm³/mol. The highest BCUT2D eigenvalue weighted by Crippen LogP contribution is 2.18. The zero-order valence-electron chi connectivity index (χ0n) is 11.3. The normalized spacial score (nSPS) is 12.3. The first-order valence-electron chi connectivity index (χ1n) is 6.26. The van der Waals surface area contributed by atoms with Crippen molar-refractivity contribution in [3.63, 3.8) is 0 Å². The molecule has 0 saturated carbocycles. The highest BCUT2D eigenvalue weighted by atomic mass is 19.1. The maximum Gasteiger partial charge on any atom is 0.272 e. The first-order chi connectivity index (χ1) is 9.49. The molecule has 0 aliphatic rings. The largest absolute Gasteiger partial charge is 0.350 e. The number of nitro benzene ring substituents is 1. The molecule has 1 unspecified atom stereocenters. The van der Waals surface area contributed by atoms with Crippen LogP contribution in [0.5, 0.6) is 0 Å². The van der Waals surface area contributed by atoms with Crippen LogP contribution in [0.4, 0.5) is 10.1 Å². The number of hydrogen-bond acceptors (Lipinski definition) is 3. The van der Waals surface area contributed by atoms with Crippen LogP contribution in [0.25, 0.3) is 0 Å². The van der Waals surface area contributed by atoms with E-state index in [-0.39, 0.29) is 11.7 Å². The smallest absolute Gasteiger partial charge is 0.272 e. The van der Waals surface area contributed by atoms with Gasteiger partial charge in [0.25, 0.3) is 5.69 Å². The van der Waals surface area contributed by atoms with Gasteiger partial charge >= 0.3 is 0 Å². The van der Waals surface area contributed by atoms with Crippen LogP contribution in [0.2, 0.25) is 0 Å². The van der Waals surface area contributed by atoms with Gasteiger partial charge in [-0.05, 0) is 37.2 Å². The van der Waals surface area contributed by atoms with Gasteiger partial charge in [-0.15, -0.1) is 0 Å². The summed E-state index contributed by atoms with van der Waals surface area (Å²) in [7, 11) is 1.87. The lowest BCUT2D eigenvalue weighted by atomic mass is 10.2. The molecule has 1 atom stereocenters. The average molecular weight is 277 g/mol. The Kier molecular flexibility index (Phi) is 4.14. The molecule has 0 spiro atoms. The van der Waals surface area contributed by atoms with E-state index >= 15 is 0 Å². The molecule has 0 aliphatic heterocycles. The molecule has 0 aliphatic carbocycles. The molecule has 1 N–H and O–H groups in total. The molecular formula is C14H16FN3O2. The van der Waals surface area contributed by atoms with Crippen molar-refractivity contribution in [2.24, 2.45) is 0 Å². The Morgan fingerprint density at radius 3 is 2.85 bits per heavy atom. The SMILES string of the molecule is CNC(C)c1ccn(Cc2cc(F)cc([N+](=O)[O-])c2)c1. The number of non-ortho nitro benzene ring substituents is 1. The van der Waals surface area contributed by atoms with Crippen molar-refractivity contribution in [1.82, 2.24) is 9.88 Å². The number of nitrogens with one attached hydrogen (secondary N) is 1. The van der Waals surface area contributed by atoms with Crippen LogP contribution in [0.3, 0.4) is 0 Å². The molecule has 20 heavy (non-hydrogen) atoms. The molecule has 2 aromatic rings. The van der Waals surface area contributed by atoms with E-state index in [0.717, 1.165) is 11.6 Å². The van der Waals surface area contributed by atoms with Crippen molar-refractivity contribution in [3.8, 4) is 0 Å². The highest BCUT2D eigenvalue weighted by Gasteiger charge is 2.10. The molecule has 0 radical (unpaired) electrons. The first kappa shape index (κ1) is 14.2. The molecule has 0 bridgehead atoms. The molecule has 0 saturated heterocycles. The Hall–Kier alpha value is -2.21. The molecule has 1 aromatic heterocycles. The second kappa shape index (κ2) is 5.83. The van der Waals surface area contributed by atoms with E-state index in [1.165, 1.54) is 12.1 Å². The Morgan fingerprint density at radius 1 is 1.45 bits per heavy atom. The molecule has 0 amide bonds. The second-order valence-electron chi connectivity index (χ2n) is 4.70. The minimum Gasteiger partial charge on any atom is -0.350 e. The van der Waals surface area contributed by atoms with Gasteiger partial charge in [0, 0.05) is 31.0 Å². The third kappa shape index (κ3) is 3.21. The van der Waals surface area contributed by atoms with Crippen molar-refractivity contribution >= 4 is 5.69 Å². The fraction of sp³-hybridized carbons (Fsp3) is 0.286. The molecule has 106 valence electrons. The molecule has 0 fully saturated rings. The predicted octanol–water partition coefficient (Wildman–Crippen LogP) is 2.86. The summed E-state index contributed by atoms with van der Waals surface area (Å²) >= 11 is 0. The van der Waals surface area contributed by atoms with E-state index < -0.39 is 10.7 Å². The van der Waals surface area contributed by atoms with Gasteiger partial charge in [-0.2, -0.15) is 0 Å². The van der Waals surface area contributed by atoms with Crippen molar-refractivity contribution in [1.29, 1.82) is 0 Å². The van der Waals surface area contributed by atoms with Gasteiger partial charge in [-0.1, -0.05) is 0 Å². The number of benzene rings is 1. The highest BCUT2D eigenvalue weighted by molar-refractivity contribution is 5.35. The number of nitro groups is 1. The lowest BCUT2D eigenvalue weighted by Gasteiger charge is -2.07. The summed E-state index contributed by atoms with van der Waals surface area (Å²) in [5.41, 5.74) is 1.45. The zero-order valence-corrected chi connectivity index (χ0v) is 11.3. The Labute approximate surface area is 116 Å². The van der Waals surface area contributed by atoms with E-state index in [4.69, 9.17) is 0 Å². The van der Waals surface area contributed by atoms with Crippen LogP contribution in [-0.4, -0.2) is 16.5 Å². The Bertz CT molecular complexity index is 625. The first-order valence-corrected chi connectivity index (χ1v) is 6.26. The summed E-state index contributed by atoms with van der Waals surface area (Å²) < 4.78 is 15.2. The van der Waals surface area contributed by atoms with Crippen molar-refractivity contribution in [3.05, 3.63) is 63.7 Å². The van der Waals surface area contributed by atoms with Gasteiger partial charge in [0.1, 0.15) is 5.82 Å². The van der Waals surface area contributed by atoms with Crippen molar-refractivity contribution < 1.29 is 9.31 Å². The third-order valence-corrected chi connectivity index (χ3v) is 3.22. The van der Waals surface area contributed by atoms with Crippen molar-refractivity contribution in [2.45, 2.75) is 19.5 Å². The van der Waals surface area contributed by atoms with Gasteiger partial charge < -0.3 is 9.88 Å². The average Bonchev–Trinajstić information content (AvgIpc) is 2.85. The minimum absolute atomic E-state index is 0.220. The van der Waals surface area contributed by atoms with E-state index in [2.05, 4.69) is 5.32 Å². The standard InChI is InChI=1S/C14H16FN3O2/c1-10(16-2)12-3-4-17(9-12)8-11-5-13(15)7-14(6-11)18(19)20/h3-7,9-10,16H,8H2,1-2H3. The number of aromatic nitrogens is 1. The molecule has 1 heterocycles. The lowest BCUT2D eigenvalue weighted by molar-refractivity contribution is -0.385. The number of hydrogen-bond donors (Lipinski definition) is 1. The third-order valence-electron chi connectivity index (χ3n) is 3.22. The summed E-state index contributed by atoms with van der Waals surface area (Å²) in [6, 6.07) is 5.82. The monoisotopic (exact) mass is 277 g/mol. The van der Waals surface area contributed by atoms with Crippen LogP contribution in [-0.2, 0) is 6.54 Å². The summed E-state index contributed by atoms with van der Waals surface area (Å²) in [4.78, 5) is 10.1. The topological polar surface area (TPSA) is 60.1 Å². The maximum absolute atomic E-state index is 13.4. The number of rotatable bonds is 5. The van der Waals surface area contributed by atoms with E-state index in [9.17, 15) is 14.5 Å². The van der Waals surface area contributed by atoms with Crippen LogP contribution < -0.4 is 5.32 Å². The summed E-state index contributed by atoms with van der Waals surface area (Å²) in [6.07, 6.45) is 3.82. The van der Waals surface area contributed by atoms with Gasteiger partial charge in [0.15, 0.2) is 0 Å². The number of halogens is 1. The Morgan fingerprint density at radius 2 is 2.20 bits per heavy atom. The minimum atomic E-state index is -0.592. The van der Waals surface area contributed by atoms with Crippen molar-refractivity contribution in [2.75, 3.05) is 7.05 Å². The summed E-state index contributed by atoms with van der Waals surface area (Å²) in [5, 5.41) is 13.8. The summed E-state index contributed by atoms with van der Waals surface area (Å²) in [5.74, 6) is -0.592. The van der Waals surface area contributed by atoms with E-state index in [0.29, 0.717) is 12.1 Å². The maximum atomic E-state index is 13.4. The molecule has 1 aromatic carbocycles. The van der Waals surface area contributed by atoms with Gasteiger partial charge in [0.2, 0.25) is 0 Å². The van der Waals surface area contributed by atoms with Crippen LogP contribution >= 0.6 is 0 Å². The van der Waals surface area contributed by atoms with Gasteiger partial charge in [-0.3, -0.25) is 10.1 Å². The second-order valence-corrected chi connectivity index (χ2v) is 4.70. The van der Waals surface area contributed by atoms with Crippen LogP contribution in [0, 0.1) is 15.9 Å². The summed E-state index contributed by atoms with van der Waals surface area (Å²) in [6.45, 7) is 2.43. The molecule has 6 heteroatoms. The quantitative estimate of drug-likeness (QED) is 0.675. The van der Waals surface area contributed by atoms with Crippen LogP contribution in [0.1, 0.15) is 24.1 Å². The van der Waals surface area contributed by atoms with Gasteiger partial charge in [-0.25, -0.2) is 4.39 Å². The molecular weight excluding hydrogens is 261 g/mol. The fourth-order valence-electron chi connectivity index (χ4n) is 2.02. The van der Waals surface area contributed by atoms with Crippen LogP contribution in [0.15, 0.2) is 36.7 Å². The zero-order chi connectivity index (χ0) is 14.7. The van der Waals surface area contributed by atoms with Gasteiger partial charge in [0.05, 0.1) is 11.0 Å². The lowest BCUT2D eigenvalue weighted by Crippen LogP contribution is -2.11.